The monoisotopic (exact) mass is 277 g/mol. The smallest absolute Gasteiger partial charge is 0.252 e. The van der Waals surface area contributed by atoms with E-state index in [9.17, 15) is 4.79 Å². The van der Waals surface area contributed by atoms with Crippen LogP contribution in [0.1, 0.15) is 10.4 Å². The van der Waals surface area contributed by atoms with Crippen molar-refractivity contribution in [2.75, 3.05) is 11.0 Å². The standard InChI is InChI=1S/C7H8IN3O/c8-2-4-9-7(12)6-1-3-10-11-5-6/h1,3,5H,2,4H2,(H,9,12). The van der Waals surface area contributed by atoms with E-state index in [4.69, 9.17) is 0 Å². The van der Waals surface area contributed by atoms with Crippen LogP contribution in [0.25, 0.3) is 0 Å². The van der Waals surface area contributed by atoms with Crippen LogP contribution >= 0.6 is 22.6 Å². The molecule has 1 aromatic rings. The van der Waals surface area contributed by atoms with Gasteiger partial charge in [-0.15, -0.1) is 0 Å². The first-order valence-corrected chi connectivity index (χ1v) is 4.98. The second kappa shape index (κ2) is 5.02. The topological polar surface area (TPSA) is 54.9 Å². The van der Waals surface area contributed by atoms with E-state index in [1.165, 1.54) is 12.4 Å². The molecule has 12 heavy (non-hydrogen) atoms. The molecule has 0 atom stereocenters. The predicted octanol–water partition coefficient (Wildman–Crippen LogP) is 0.641. The molecule has 0 radical (unpaired) electrons. The Labute approximate surface area is 83.9 Å². The van der Waals surface area contributed by atoms with Gasteiger partial charge in [-0.05, 0) is 6.07 Å². The second-order valence-corrected chi connectivity index (χ2v) is 3.15. The van der Waals surface area contributed by atoms with Gasteiger partial charge in [0.25, 0.3) is 5.91 Å². The number of nitrogens with one attached hydrogen (secondary N) is 1. The fraction of sp³-hybridized carbons (Fsp3) is 0.286. The van der Waals surface area contributed by atoms with Gasteiger partial charge in [0.2, 0.25) is 0 Å². The van der Waals surface area contributed by atoms with Crippen molar-refractivity contribution in [2.45, 2.75) is 0 Å². The zero-order valence-electron chi connectivity index (χ0n) is 6.33. The number of hydrogen-bond acceptors (Lipinski definition) is 3. The Kier molecular flexibility index (Phi) is 3.92. The minimum atomic E-state index is -0.0958. The highest BCUT2D eigenvalue weighted by Crippen LogP contribution is 1.92. The summed E-state index contributed by atoms with van der Waals surface area (Å²) in [6.45, 7) is 0.682. The molecule has 0 aliphatic heterocycles. The molecule has 64 valence electrons. The van der Waals surface area contributed by atoms with Crippen LogP contribution in [-0.4, -0.2) is 27.1 Å². The van der Waals surface area contributed by atoms with E-state index in [2.05, 4.69) is 38.1 Å². The summed E-state index contributed by atoms with van der Waals surface area (Å²) in [6.07, 6.45) is 2.95. The molecule has 0 unspecified atom stereocenters. The predicted molar refractivity (Wildman–Crippen MR) is 53.3 cm³/mol. The van der Waals surface area contributed by atoms with Crippen LogP contribution in [-0.2, 0) is 0 Å². The molecule has 0 saturated carbocycles. The number of nitrogens with zero attached hydrogens (tertiary/aromatic N) is 2. The number of halogens is 1. The largest absolute Gasteiger partial charge is 0.351 e. The number of hydrogen-bond donors (Lipinski definition) is 1. The zero-order valence-corrected chi connectivity index (χ0v) is 8.48. The van der Waals surface area contributed by atoms with E-state index in [0.717, 1.165) is 4.43 Å². The van der Waals surface area contributed by atoms with Gasteiger partial charge in [-0.3, -0.25) is 4.79 Å². The van der Waals surface area contributed by atoms with Gasteiger partial charge in [0.05, 0.1) is 18.0 Å². The lowest BCUT2D eigenvalue weighted by atomic mass is 10.3. The van der Waals surface area contributed by atoms with Crippen molar-refractivity contribution in [1.82, 2.24) is 15.5 Å². The summed E-state index contributed by atoms with van der Waals surface area (Å²) < 4.78 is 0.905. The SMILES string of the molecule is O=C(NCCI)c1ccnnc1. The van der Waals surface area contributed by atoms with Gasteiger partial charge in [-0.1, -0.05) is 22.6 Å². The number of amides is 1. The molecule has 0 aliphatic rings. The van der Waals surface area contributed by atoms with E-state index >= 15 is 0 Å². The quantitative estimate of drug-likeness (QED) is 0.651. The number of alkyl halides is 1. The third kappa shape index (κ3) is 2.72. The van der Waals surface area contributed by atoms with Crippen LogP contribution in [0, 0.1) is 0 Å². The van der Waals surface area contributed by atoms with Crippen LogP contribution in [0.3, 0.4) is 0 Å². The molecule has 1 aromatic heterocycles. The van der Waals surface area contributed by atoms with Crippen LogP contribution in [0.2, 0.25) is 0 Å². The molecule has 0 saturated heterocycles. The van der Waals surface area contributed by atoms with Crippen LogP contribution in [0.15, 0.2) is 18.5 Å². The van der Waals surface area contributed by atoms with E-state index in [1.807, 2.05) is 0 Å². The average Bonchev–Trinajstić information content (AvgIpc) is 2.15. The van der Waals surface area contributed by atoms with Gasteiger partial charge in [0.1, 0.15) is 0 Å². The van der Waals surface area contributed by atoms with E-state index in [0.29, 0.717) is 12.1 Å². The van der Waals surface area contributed by atoms with Gasteiger partial charge in [0, 0.05) is 11.0 Å². The summed E-state index contributed by atoms with van der Waals surface area (Å²) in [6, 6.07) is 1.63. The van der Waals surface area contributed by atoms with Crippen LogP contribution in [0.5, 0.6) is 0 Å². The fourth-order valence-corrected chi connectivity index (χ4v) is 0.958. The molecule has 1 amide bonds. The summed E-state index contributed by atoms with van der Waals surface area (Å²) in [5.74, 6) is -0.0958. The normalized spacial score (nSPS) is 9.42. The molecule has 1 N–H and O–H groups in total. The van der Waals surface area contributed by atoms with Crippen LogP contribution < -0.4 is 5.32 Å². The van der Waals surface area contributed by atoms with Crippen molar-refractivity contribution >= 4 is 28.5 Å². The lowest BCUT2D eigenvalue weighted by Gasteiger charge is -2.00. The van der Waals surface area contributed by atoms with Crippen molar-refractivity contribution < 1.29 is 4.79 Å². The molecular formula is C7H8IN3O. The maximum Gasteiger partial charge on any atom is 0.252 e. The Hall–Kier alpha value is -0.720. The number of rotatable bonds is 3. The minimum Gasteiger partial charge on any atom is -0.351 e. The van der Waals surface area contributed by atoms with E-state index in [-0.39, 0.29) is 5.91 Å². The van der Waals surface area contributed by atoms with Gasteiger partial charge >= 0.3 is 0 Å². The second-order valence-electron chi connectivity index (χ2n) is 2.08. The Morgan fingerprint density at radius 3 is 3.00 bits per heavy atom. The summed E-state index contributed by atoms with van der Waals surface area (Å²) >= 11 is 2.20. The molecule has 1 heterocycles. The fourth-order valence-electron chi connectivity index (χ4n) is 0.688. The summed E-state index contributed by atoms with van der Waals surface area (Å²) in [5.41, 5.74) is 0.551. The minimum absolute atomic E-state index is 0.0958. The molecule has 0 aromatic carbocycles. The van der Waals surface area contributed by atoms with Crippen molar-refractivity contribution in [3.05, 3.63) is 24.0 Å². The van der Waals surface area contributed by atoms with E-state index in [1.54, 1.807) is 6.07 Å². The Bertz CT molecular complexity index is 252. The number of carbonyl (C=O) groups excluding carboxylic acids is 1. The molecule has 4 nitrogen and oxygen atoms in total. The Balaban J connectivity index is 2.54. The third-order valence-electron chi connectivity index (χ3n) is 1.23. The van der Waals surface area contributed by atoms with Crippen molar-refractivity contribution in [2.24, 2.45) is 0 Å². The highest BCUT2D eigenvalue weighted by molar-refractivity contribution is 14.1. The first-order valence-electron chi connectivity index (χ1n) is 3.45. The zero-order chi connectivity index (χ0) is 8.81. The Morgan fingerprint density at radius 2 is 2.42 bits per heavy atom. The van der Waals surface area contributed by atoms with Crippen molar-refractivity contribution in [1.29, 1.82) is 0 Å². The summed E-state index contributed by atoms with van der Waals surface area (Å²) in [4.78, 5) is 11.2. The van der Waals surface area contributed by atoms with Gasteiger partial charge in [-0.25, -0.2) is 0 Å². The molecule has 0 spiro atoms. The molecule has 0 fully saturated rings. The third-order valence-corrected chi connectivity index (χ3v) is 1.77. The first-order chi connectivity index (χ1) is 5.84. The van der Waals surface area contributed by atoms with E-state index < -0.39 is 0 Å². The van der Waals surface area contributed by atoms with Crippen molar-refractivity contribution in [3.8, 4) is 0 Å². The van der Waals surface area contributed by atoms with Crippen LogP contribution in [0.4, 0.5) is 0 Å². The summed E-state index contributed by atoms with van der Waals surface area (Å²) in [5, 5.41) is 9.91. The average molecular weight is 277 g/mol. The molecule has 5 heteroatoms. The Morgan fingerprint density at radius 1 is 1.58 bits per heavy atom. The van der Waals surface area contributed by atoms with Gasteiger partial charge in [-0.2, -0.15) is 10.2 Å². The maximum absolute atomic E-state index is 11.2. The molecular weight excluding hydrogens is 269 g/mol. The van der Waals surface area contributed by atoms with Gasteiger partial charge < -0.3 is 5.32 Å². The molecule has 0 bridgehead atoms. The summed E-state index contributed by atoms with van der Waals surface area (Å²) in [7, 11) is 0. The number of carbonyl (C=O) groups is 1. The lowest BCUT2D eigenvalue weighted by Crippen LogP contribution is -2.25. The first kappa shape index (κ1) is 9.37. The lowest BCUT2D eigenvalue weighted by molar-refractivity contribution is 0.0956. The number of aromatic nitrogens is 2. The molecule has 0 aliphatic carbocycles. The van der Waals surface area contributed by atoms with Crippen molar-refractivity contribution in [3.63, 3.8) is 0 Å². The molecule has 1 rings (SSSR count). The highest BCUT2D eigenvalue weighted by Gasteiger charge is 2.02. The highest BCUT2D eigenvalue weighted by atomic mass is 127. The van der Waals surface area contributed by atoms with Gasteiger partial charge in [0.15, 0.2) is 0 Å². The maximum atomic E-state index is 11.2.